The normalized spacial score (nSPS) is 9.42. The molecular weight excluding hydrogens is 156 g/mol. The summed E-state index contributed by atoms with van der Waals surface area (Å²) in [5.41, 5.74) is 0.685. The van der Waals surface area contributed by atoms with Gasteiger partial charge in [-0.3, -0.25) is 0 Å². The van der Waals surface area contributed by atoms with E-state index < -0.39 is 0 Å². The van der Waals surface area contributed by atoms with Gasteiger partial charge in [-0.05, 0) is 17.7 Å². The number of hydrogen-bond donors (Lipinski definition) is 2. The lowest BCUT2D eigenvalue weighted by Gasteiger charge is -2.04. The van der Waals surface area contributed by atoms with Gasteiger partial charge in [-0.2, -0.15) is 0 Å². The van der Waals surface area contributed by atoms with Crippen molar-refractivity contribution >= 4 is 0 Å². The summed E-state index contributed by atoms with van der Waals surface area (Å²) in [5.74, 6) is 0.337. The Hall–Kier alpha value is -1.48. The highest BCUT2D eigenvalue weighted by Crippen LogP contribution is 2.26. The van der Waals surface area contributed by atoms with Gasteiger partial charge in [0.25, 0.3) is 0 Å². The van der Waals surface area contributed by atoms with Gasteiger partial charge in [0.1, 0.15) is 0 Å². The summed E-state index contributed by atoms with van der Waals surface area (Å²) in [7, 11) is 0. The number of phenols is 1. The Bertz CT molecular complexity index is 281. The summed E-state index contributed by atoms with van der Waals surface area (Å²) in [4.78, 5) is 0. The van der Waals surface area contributed by atoms with Gasteiger partial charge in [-0.25, -0.2) is 0 Å². The maximum atomic E-state index is 9.21. The lowest BCUT2D eigenvalue weighted by molar-refractivity contribution is 0.281. The summed E-state index contributed by atoms with van der Waals surface area (Å²) >= 11 is 0. The van der Waals surface area contributed by atoms with E-state index in [1.165, 1.54) is 12.3 Å². The Morgan fingerprint density at radius 3 is 2.83 bits per heavy atom. The van der Waals surface area contributed by atoms with E-state index in [1.54, 1.807) is 12.1 Å². The Balaban J connectivity index is 2.99. The fourth-order valence-electron chi connectivity index (χ4n) is 0.841. The third kappa shape index (κ3) is 1.77. The molecule has 0 amide bonds. The maximum absolute atomic E-state index is 9.21. The van der Waals surface area contributed by atoms with Crippen molar-refractivity contribution in [2.45, 2.75) is 6.61 Å². The van der Waals surface area contributed by atoms with Gasteiger partial charge < -0.3 is 14.9 Å². The molecule has 0 aliphatic heterocycles. The number of ether oxygens (including phenoxy) is 1. The van der Waals surface area contributed by atoms with Crippen LogP contribution in [-0.2, 0) is 6.61 Å². The van der Waals surface area contributed by atoms with Crippen LogP contribution in [0.3, 0.4) is 0 Å². The van der Waals surface area contributed by atoms with Crippen molar-refractivity contribution in [3.05, 3.63) is 36.6 Å². The zero-order chi connectivity index (χ0) is 8.97. The Kier molecular flexibility index (Phi) is 2.71. The van der Waals surface area contributed by atoms with Gasteiger partial charge in [0, 0.05) is 0 Å². The van der Waals surface area contributed by atoms with Crippen LogP contribution in [0.1, 0.15) is 5.56 Å². The SMILES string of the molecule is C=COc1cc(CO)ccc1O. The summed E-state index contributed by atoms with van der Waals surface area (Å²) < 4.78 is 4.88. The maximum Gasteiger partial charge on any atom is 0.168 e. The van der Waals surface area contributed by atoms with Crippen LogP contribution in [0.2, 0.25) is 0 Å². The number of benzene rings is 1. The molecule has 0 aliphatic rings. The van der Waals surface area contributed by atoms with E-state index in [1.807, 2.05) is 0 Å². The molecule has 12 heavy (non-hydrogen) atoms. The first-order valence-corrected chi connectivity index (χ1v) is 3.48. The van der Waals surface area contributed by atoms with Crippen LogP contribution >= 0.6 is 0 Å². The molecule has 1 rings (SSSR count). The molecule has 2 N–H and O–H groups in total. The summed E-state index contributed by atoms with van der Waals surface area (Å²) in [6, 6.07) is 4.63. The monoisotopic (exact) mass is 166 g/mol. The predicted octanol–water partition coefficient (Wildman–Crippen LogP) is 1.41. The number of hydrogen-bond acceptors (Lipinski definition) is 3. The van der Waals surface area contributed by atoms with Gasteiger partial charge in [0.15, 0.2) is 11.5 Å². The smallest absolute Gasteiger partial charge is 0.168 e. The lowest BCUT2D eigenvalue weighted by Crippen LogP contribution is -1.86. The van der Waals surface area contributed by atoms with Crippen molar-refractivity contribution in [1.82, 2.24) is 0 Å². The molecule has 0 aliphatic carbocycles. The highest BCUT2D eigenvalue weighted by molar-refractivity contribution is 5.41. The summed E-state index contributed by atoms with van der Waals surface area (Å²) in [6.07, 6.45) is 1.22. The van der Waals surface area contributed by atoms with Gasteiger partial charge >= 0.3 is 0 Å². The fraction of sp³-hybridized carbons (Fsp3) is 0.111. The van der Waals surface area contributed by atoms with Gasteiger partial charge in [0.2, 0.25) is 0 Å². The van der Waals surface area contributed by atoms with Crippen molar-refractivity contribution in [1.29, 1.82) is 0 Å². The predicted molar refractivity (Wildman–Crippen MR) is 44.9 cm³/mol. The molecule has 0 saturated carbocycles. The van der Waals surface area contributed by atoms with E-state index >= 15 is 0 Å². The number of phenolic OH excluding ortho intramolecular Hbond substituents is 1. The molecule has 0 aromatic heterocycles. The number of aromatic hydroxyl groups is 1. The minimum Gasteiger partial charge on any atom is -0.504 e. The summed E-state index contributed by atoms with van der Waals surface area (Å²) in [6.45, 7) is 3.28. The molecule has 0 fully saturated rings. The molecule has 0 heterocycles. The van der Waals surface area contributed by atoms with E-state index in [2.05, 4.69) is 6.58 Å². The van der Waals surface area contributed by atoms with Crippen molar-refractivity contribution in [3.63, 3.8) is 0 Å². The molecule has 0 atom stereocenters. The second-order valence-electron chi connectivity index (χ2n) is 2.24. The van der Waals surface area contributed by atoms with E-state index in [-0.39, 0.29) is 12.4 Å². The van der Waals surface area contributed by atoms with E-state index in [0.717, 1.165) is 0 Å². The molecule has 0 saturated heterocycles. The second kappa shape index (κ2) is 3.78. The second-order valence-corrected chi connectivity index (χ2v) is 2.24. The highest BCUT2D eigenvalue weighted by atomic mass is 16.5. The molecule has 0 unspecified atom stereocenters. The Labute approximate surface area is 70.5 Å². The van der Waals surface area contributed by atoms with Crippen LogP contribution in [0.4, 0.5) is 0 Å². The Morgan fingerprint density at radius 1 is 1.50 bits per heavy atom. The van der Waals surface area contributed by atoms with Crippen LogP contribution in [0.5, 0.6) is 11.5 Å². The molecule has 0 bridgehead atoms. The average molecular weight is 166 g/mol. The molecule has 0 spiro atoms. The van der Waals surface area contributed by atoms with Crippen LogP contribution in [-0.4, -0.2) is 10.2 Å². The molecule has 64 valence electrons. The largest absolute Gasteiger partial charge is 0.504 e. The zero-order valence-electron chi connectivity index (χ0n) is 6.53. The highest BCUT2D eigenvalue weighted by Gasteiger charge is 2.01. The van der Waals surface area contributed by atoms with Gasteiger partial charge in [-0.15, -0.1) is 0 Å². The lowest BCUT2D eigenvalue weighted by atomic mass is 10.2. The standard InChI is InChI=1S/C9H10O3/c1-2-12-9-5-7(6-10)3-4-8(9)11/h2-5,10-11H,1,6H2. The number of aliphatic hydroxyl groups excluding tert-OH is 1. The number of aliphatic hydroxyl groups is 1. The van der Waals surface area contributed by atoms with Crippen molar-refractivity contribution in [3.8, 4) is 11.5 Å². The topological polar surface area (TPSA) is 49.7 Å². The van der Waals surface area contributed by atoms with Crippen molar-refractivity contribution in [2.75, 3.05) is 0 Å². The molecule has 0 radical (unpaired) electrons. The van der Waals surface area contributed by atoms with E-state index in [0.29, 0.717) is 11.3 Å². The first-order valence-electron chi connectivity index (χ1n) is 3.48. The van der Waals surface area contributed by atoms with E-state index in [9.17, 15) is 5.11 Å². The minimum atomic E-state index is -0.0756. The third-order valence-electron chi connectivity index (χ3n) is 1.42. The minimum absolute atomic E-state index is 0.0344. The first kappa shape index (κ1) is 8.62. The van der Waals surface area contributed by atoms with Crippen molar-refractivity contribution in [2.24, 2.45) is 0 Å². The molecule has 1 aromatic carbocycles. The van der Waals surface area contributed by atoms with E-state index in [4.69, 9.17) is 9.84 Å². The first-order chi connectivity index (χ1) is 5.77. The fourth-order valence-corrected chi connectivity index (χ4v) is 0.841. The average Bonchev–Trinajstić information content (AvgIpc) is 2.09. The van der Waals surface area contributed by atoms with Crippen molar-refractivity contribution < 1.29 is 14.9 Å². The van der Waals surface area contributed by atoms with Crippen LogP contribution in [0.25, 0.3) is 0 Å². The van der Waals surface area contributed by atoms with Crippen LogP contribution in [0.15, 0.2) is 31.0 Å². The quantitative estimate of drug-likeness (QED) is 0.667. The summed E-state index contributed by atoms with van der Waals surface area (Å²) in [5, 5.41) is 18.0. The molecular formula is C9H10O3. The third-order valence-corrected chi connectivity index (χ3v) is 1.42. The van der Waals surface area contributed by atoms with Crippen LogP contribution in [0, 0.1) is 0 Å². The number of rotatable bonds is 3. The zero-order valence-corrected chi connectivity index (χ0v) is 6.53. The van der Waals surface area contributed by atoms with Gasteiger partial charge in [-0.1, -0.05) is 12.6 Å². The molecule has 3 nitrogen and oxygen atoms in total. The Morgan fingerprint density at radius 2 is 2.25 bits per heavy atom. The molecule has 1 aromatic rings. The van der Waals surface area contributed by atoms with Crippen LogP contribution < -0.4 is 4.74 Å². The molecule has 3 heteroatoms. The van der Waals surface area contributed by atoms with Gasteiger partial charge in [0.05, 0.1) is 12.9 Å².